The molecule has 0 aromatic heterocycles. The number of hydrogen-bond donors (Lipinski definition) is 4. The summed E-state index contributed by atoms with van der Waals surface area (Å²) in [6, 6.07) is 6.41. The molecule has 1 aromatic carbocycles. The molecule has 2 rings (SSSR count). The van der Waals surface area contributed by atoms with Crippen molar-refractivity contribution in [3.8, 4) is 0 Å². The smallest absolute Gasteiger partial charge is 0.337 e. The summed E-state index contributed by atoms with van der Waals surface area (Å²) in [6.07, 6.45) is 0.966. The fourth-order valence-electron chi connectivity index (χ4n) is 4.05. The van der Waals surface area contributed by atoms with Gasteiger partial charge >= 0.3 is 11.9 Å². The highest BCUT2D eigenvalue weighted by molar-refractivity contribution is 5.89. The van der Waals surface area contributed by atoms with E-state index in [1.54, 1.807) is 50.3 Å². The summed E-state index contributed by atoms with van der Waals surface area (Å²) in [6.45, 7) is 8.93. The number of carbonyl (C=O) groups excluding carboxylic acids is 3. The van der Waals surface area contributed by atoms with Crippen LogP contribution in [0, 0.1) is 5.92 Å². The minimum Gasteiger partial charge on any atom is -0.419 e. The Labute approximate surface area is 224 Å². The van der Waals surface area contributed by atoms with Gasteiger partial charge in [-0.25, -0.2) is 9.79 Å². The summed E-state index contributed by atoms with van der Waals surface area (Å²) in [5.74, 6) is -2.09. The molecule has 11 heteroatoms. The zero-order valence-corrected chi connectivity index (χ0v) is 22.8. The van der Waals surface area contributed by atoms with Crippen LogP contribution in [0.1, 0.15) is 65.7 Å². The molecule has 1 aromatic rings. The zero-order chi connectivity index (χ0) is 28.4. The van der Waals surface area contributed by atoms with Crippen LogP contribution in [0.4, 0.5) is 0 Å². The first kappa shape index (κ1) is 30.8. The quantitative estimate of drug-likeness (QED) is 0.135. The van der Waals surface area contributed by atoms with Gasteiger partial charge in [0.1, 0.15) is 6.04 Å². The van der Waals surface area contributed by atoms with Gasteiger partial charge in [0.2, 0.25) is 5.91 Å². The molecule has 0 saturated heterocycles. The number of guanidine groups is 1. The van der Waals surface area contributed by atoms with E-state index in [0.29, 0.717) is 5.56 Å². The number of rotatable bonds is 12. The van der Waals surface area contributed by atoms with Crippen molar-refractivity contribution in [3.63, 3.8) is 0 Å². The van der Waals surface area contributed by atoms with E-state index in [2.05, 4.69) is 10.3 Å². The van der Waals surface area contributed by atoms with Crippen molar-refractivity contribution in [2.75, 3.05) is 0 Å². The molecule has 1 aliphatic carbocycles. The SMILES string of the molecule is CCC(CC)O[C@@H]1C=C(C(=O)OC(OC(=O)[C@H](N)C(C)C)c2ccccc2)C[C@H](N=C(N)N)[C@H]1NC(C)=O. The molecule has 1 unspecified atom stereocenters. The second-order valence-corrected chi connectivity index (χ2v) is 9.64. The van der Waals surface area contributed by atoms with Crippen LogP contribution in [0.25, 0.3) is 0 Å². The maximum absolute atomic E-state index is 13.4. The highest BCUT2D eigenvalue weighted by atomic mass is 16.7. The lowest BCUT2D eigenvalue weighted by molar-refractivity contribution is -0.189. The van der Waals surface area contributed by atoms with Crippen LogP contribution in [0.15, 0.2) is 47.0 Å². The Balaban J connectivity index is 2.42. The van der Waals surface area contributed by atoms with Crippen molar-refractivity contribution in [2.45, 2.75) is 90.5 Å². The van der Waals surface area contributed by atoms with E-state index in [9.17, 15) is 14.4 Å². The van der Waals surface area contributed by atoms with Gasteiger partial charge in [-0.15, -0.1) is 0 Å². The molecule has 11 nitrogen and oxygen atoms in total. The third-order valence-electron chi connectivity index (χ3n) is 6.27. The number of hydrogen-bond acceptors (Lipinski definition) is 8. The maximum atomic E-state index is 13.4. The molecule has 38 heavy (non-hydrogen) atoms. The lowest BCUT2D eigenvalue weighted by atomic mass is 9.87. The average molecular weight is 532 g/mol. The number of nitrogens with two attached hydrogens (primary N) is 3. The number of ether oxygens (including phenoxy) is 3. The van der Waals surface area contributed by atoms with Crippen molar-refractivity contribution in [1.29, 1.82) is 0 Å². The van der Waals surface area contributed by atoms with Crippen LogP contribution in [0.3, 0.4) is 0 Å². The summed E-state index contributed by atoms with van der Waals surface area (Å²) < 4.78 is 17.5. The molecular weight excluding hydrogens is 490 g/mol. The molecule has 1 amide bonds. The average Bonchev–Trinajstić information content (AvgIpc) is 2.87. The van der Waals surface area contributed by atoms with E-state index >= 15 is 0 Å². The highest BCUT2D eigenvalue weighted by Crippen LogP contribution is 2.29. The molecule has 0 aliphatic heterocycles. The van der Waals surface area contributed by atoms with Crippen molar-refractivity contribution < 1.29 is 28.6 Å². The molecule has 0 fully saturated rings. The van der Waals surface area contributed by atoms with Crippen molar-refractivity contribution >= 4 is 23.8 Å². The number of benzene rings is 1. The monoisotopic (exact) mass is 531 g/mol. The van der Waals surface area contributed by atoms with Gasteiger partial charge in [0.05, 0.1) is 24.3 Å². The number of amides is 1. The topological polar surface area (TPSA) is 181 Å². The van der Waals surface area contributed by atoms with E-state index in [0.717, 1.165) is 12.8 Å². The largest absolute Gasteiger partial charge is 0.419 e. The lowest BCUT2D eigenvalue weighted by Crippen LogP contribution is -2.54. The van der Waals surface area contributed by atoms with E-state index in [1.807, 2.05) is 13.8 Å². The summed E-state index contributed by atoms with van der Waals surface area (Å²) in [7, 11) is 0. The van der Waals surface area contributed by atoms with Crippen LogP contribution in [0.5, 0.6) is 0 Å². The van der Waals surface area contributed by atoms with Crippen molar-refractivity contribution in [1.82, 2.24) is 5.32 Å². The molecular formula is C27H41N5O6. The van der Waals surface area contributed by atoms with Crippen LogP contribution >= 0.6 is 0 Å². The van der Waals surface area contributed by atoms with Crippen molar-refractivity contribution in [3.05, 3.63) is 47.5 Å². The van der Waals surface area contributed by atoms with Gasteiger partial charge in [-0.2, -0.15) is 0 Å². The van der Waals surface area contributed by atoms with Gasteiger partial charge < -0.3 is 36.7 Å². The van der Waals surface area contributed by atoms with E-state index in [-0.39, 0.29) is 35.9 Å². The molecule has 0 saturated carbocycles. The molecule has 210 valence electrons. The van der Waals surface area contributed by atoms with E-state index < -0.39 is 42.5 Å². The minimum absolute atomic E-state index is 0.0609. The number of carbonyl (C=O) groups is 3. The molecule has 7 N–H and O–H groups in total. The zero-order valence-electron chi connectivity index (χ0n) is 22.8. The first-order valence-electron chi connectivity index (χ1n) is 12.9. The molecule has 5 atom stereocenters. The van der Waals surface area contributed by atoms with Gasteiger partial charge in [-0.05, 0) is 24.8 Å². The Kier molecular flexibility index (Phi) is 11.7. The molecule has 0 bridgehead atoms. The normalized spacial score (nSPS) is 20.7. The third kappa shape index (κ3) is 8.84. The maximum Gasteiger partial charge on any atom is 0.337 e. The first-order valence-corrected chi connectivity index (χ1v) is 12.9. The number of esters is 2. The predicted molar refractivity (Wildman–Crippen MR) is 143 cm³/mol. The van der Waals surface area contributed by atoms with Gasteiger partial charge in [0, 0.05) is 24.5 Å². The summed E-state index contributed by atoms with van der Waals surface area (Å²) in [4.78, 5) is 42.3. The molecule has 0 radical (unpaired) electrons. The summed E-state index contributed by atoms with van der Waals surface area (Å²) >= 11 is 0. The Bertz CT molecular complexity index is 1000. The second kappa shape index (κ2) is 14.5. The van der Waals surface area contributed by atoms with Crippen LogP contribution in [-0.2, 0) is 28.6 Å². The van der Waals surface area contributed by atoms with Gasteiger partial charge in [0.15, 0.2) is 5.96 Å². The Hall–Kier alpha value is -3.44. The predicted octanol–water partition coefficient (Wildman–Crippen LogP) is 1.81. The fraction of sp³-hybridized carbons (Fsp3) is 0.556. The van der Waals surface area contributed by atoms with Crippen LogP contribution in [0.2, 0.25) is 0 Å². The number of aliphatic imine (C=N–C) groups is 1. The summed E-state index contributed by atoms with van der Waals surface area (Å²) in [5.41, 5.74) is 18.0. The van der Waals surface area contributed by atoms with Gasteiger partial charge in [-0.3, -0.25) is 9.59 Å². The standard InChI is InChI=1S/C27H41N5O6/c1-6-19(7-2)36-21-14-18(13-20(32-27(29)30)23(21)31-16(5)33)24(34)37-26(17-11-9-8-10-12-17)38-25(35)22(28)15(3)4/h8-12,14-15,19-23,26H,6-7,13,28H2,1-5H3,(H,31,33)(H4,29,30,32)/t20-,21+,22+,23+,26?/m0/s1. The van der Waals surface area contributed by atoms with E-state index in [1.165, 1.54) is 6.92 Å². The Morgan fingerprint density at radius 1 is 1.08 bits per heavy atom. The number of nitrogens with zero attached hydrogens (tertiary/aromatic N) is 1. The molecule has 0 heterocycles. The minimum atomic E-state index is -1.32. The van der Waals surface area contributed by atoms with Crippen LogP contribution < -0.4 is 22.5 Å². The summed E-state index contributed by atoms with van der Waals surface area (Å²) in [5, 5.41) is 2.85. The Morgan fingerprint density at radius 2 is 1.71 bits per heavy atom. The fourth-order valence-corrected chi connectivity index (χ4v) is 4.05. The highest BCUT2D eigenvalue weighted by Gasteiger charge is 2.39. The number of nitrogens with one attached hydrogen (secondary N) is 1. The molecule has 0 spiro atoms. The van der Waals surface area contributed by atoms with Crippen molar-refractivity contribution in [2.24, 2.45) is 28.1 Å². The first-order chi connectivity index (χ1) is 18.0. The van der Waals surface area contributed by atoms with E-state index in [4.69, 9.17) is 31.4 Å². The lowest BCUT2D eigenvalue weighted by Gasteiger charge is -2.36. The second-order valence-electron chi connectivity index (χ2n) is 9.64. The van der Waals surface area contributed by atoms with Crippen LogP contribution in [-0.4, -0.2) is 54.1 Å². The third-order valence-corrected chi connectivity index (χ3v) is 6.27. The molecule has 1 aliphatic rings. The van der Waals surface area contributed by atoms with Gasteiger partial charge in [0.25, 0.3) is 6.29 Å². The van der Waals surface area contributed by atoms with Gasteiger partial charge in [-0.1, -0.05) is 58.0 Å². The Morgan fingerprint density at radius 3 is 2.24 bits per heavy atom.